The molecule has 1 aliphatic heterocycles. The molecule has 22 heavy (non-hydrogen) atoms. The fourth-order valence-corrected chi connectivity index (χ4v) is 3.07. The third-order valence-electron chi connectivity index (χ3n) is 4.26. The second-order valence-electron chi connectivity index (χ2n) is 5.89. The number of hydrogen-bond acceptors (Lipinski definition) is 3. The van der Waals surface area contributed by atoms with Crippen molar-refractivity contribution in [2.45, 2.75) is 25.7 Å². The summed E-state index contributed by atoms with van der Waals surface area (Å²) in [7, 11) is 0. The van der Waals surface area contributed by atoms with Crippen LogP contribution in [0.15, 0.2) is 36.5 Å². The van der Waals surface area contributed by atoms with Gasteiger partial charge in [-0.05, 0) is 51.0 Å². The average Bonchev–Trinajstić information content (AvgIpc) is 2.59. The molecule has 0 atom stereocenters. The molecule has 1 N–H and O–H groups in total. The van der Waals surface area contributed by atoms with Gasteiger partial charge in [0.1, 0.15) is 0 Å². The normalized spacial score (nSPS) is 15.8. The van der Waals surface area contributed by atoms with E-state index in [1.165, 1.54) is 32.4 Å². The maximum absolute atomic E-state index is 12.3. The summed E-state index contributed by atoms with van der Waals surface area (Å²) in [4.78, 5) is 19.2. The van der Waals surface area contributed by atoms with Crippen molar-refractivity contribution in [2.24, 2.45) is 0 Å². The number of benzene rings is 1. The van der Waals surface area contributed by atoms with E-state index in [4.69, 9.17) is 0 Å². The number of amides is 1. The SMILES string of the molecule is O=C(NCCCN1CCCCC1)c1cccc2cccnc12. The van der Waals surface area contributed by atoms with Crippen LogP contribution in [0.25, 0.3) is 10.9 Å². The molecule has 2 heterocycles. The highest BCUT2D eigenvalue weighted by atomic mass is 16.1. The Morgan fingerprint density at radius 3 is 2.82 bits per heavy atom. The van der Waals surface area contributed by atoms with E-state index in [1.807, 2.05) is 30.3 Å². The Balaban J connectivity index is 1.53. The molecule has 3 rings (SSSR count). The van der Waals surface area contributed by atoms with E-state index in [9.17, 15) is 4.79 Å². The van der Waals surface area contributed by atoms with Crippen LogP contribution in [-0.2, 0) is 0 Å². The Morgan fingerprint density at radius 2 is 1.95 bits per heavy atom. The van der Waals surface area contributed by atoms with Crippen molar-refractivity contribution < 1.29 is 4.79 Å². The highest BCUT2D eigenvalue weighted by Gasteiger charge is 2.11. The molecule has 4 nitrogen and oxygen atoms in total. The maximum Gasteiger partial charge on any atom is 0.253 e. The second-order valence-corrected chi connectivity index (χ2v) is 5.89. The number of aromatic nitrogens is 1. The fraction of sp³-hybridized carbons (Fsp3) is 0.444. The third kappa shape index (κ3) is 3.63. The minimum Gasteiger partial charge on any atom is -0.352 e. The molecule has 0 saturated carbocycles. The largest absolute Gasteiger partial charge is 0.352 e. The maximum atomic E-state index is 12.3. The van der Waals surface area contributed by atoms with Gasteiger partial charge in [0.15, 0.2) is 0 Å². The van der Waals surface area contributed by atoms with Crippen LogP contribution in [0.5, 0.6) is 0 Å². The van der Waals surface area contributed by atoms with Crippen molar-refractivity contribution in [1.29, 1.82) is 0 Å². The van der Waals surface area contributed by atoms with Gasteiger partial charge in [-0.3, -0.25) is 9.78 Å². The standard InChI is InChI=1S/C18H23N3O/c22-18(20-11-6-14-21-12-2-1-3-13-21)16-9-4-7-15-8-5-10-19-17(15)16/h4-5,7-10H,1-3,6,11-14H2,(H,20,22). The Bertz CT molecular complexity index is 630. The Morgan fingerprint density at radius 1 is 1.14 bits per heavy atom. The van der Waals surface area contributed by atoms with Gasteiger partial charge in [0.25, 0.3) is 5.91 Å². The lowest BCUT2D eigenvalue weighted by Crippen LogP contribution is -2.33. The van der Waals surface area contributed by atoms with Gasteiger partial charge in [0, 0.05) is 18.1 Å². The zero-order valence-corrected chi connectivity index (χ0v) is 12.9. The van der Waals surface area contributed by atoms with Crippen LogP contribution in [0.3, 0.4) is 0 Å². The van der Waals surface area contributed by atoms with E-state index >= 15 is 0 Å². The van der Waals surface area contributed by atoms with Crippen LogP contribution in [-0.4, -0.2) is 42.0 Å². The average molecular weight is 297 g/mol. The van der Waals surface area contributed by atoms with Gasteiger partial charge >= 0.3 is 0 Å². The number of nitrogens with zero attached hydrogens (tertiary/aromatic N) is 2. The van der Waals surface area contributed by atoms with Crippen LogP contribution < -0.4 is 5.32 Å². The summed E-state index contributed by atoms with van der Waals surface area (Å²) in [6.45, 7) is 4.22. The first kappa shape index (κ1) is 15.0. The number of rotatable bonds is 5. The molecule has 1 aliphatic rings. The molecule has 1 aromatic carbocycles. The highest BCUT2D eigenvalue weighted by Crippen LogP contribution is 2.15. The summed E-state index contributed by atoms with van der Waals surface area (Å²) in [6, 6.07) is 9.61. The zero-order chi connectivity index (χ0) is 15.2. The molecule has 2 aromatic rings. The number of nitrogens with one attached hydrogen (secondary N) is 1. The number of likely N-dealkylation sites (tertiary alicyclic amines) is 1. The summed E-state index contributed by atoms with van der Waals surface area (Å²) in [5.41, 5.74) is 1.44. The van der Waals surface area contributed by atoms with E-state index in [2.05, 4.69) is 15.2 Å². The van der Waals surface area contributed by atoms with Crippen molar-refractivity contribution in [3.63, 3.8) is 0 Å². The van der Waals surface area contributed by atoms with Gasteiger partial charge in [0.2, 0.25) is 0 Å². The van der Waals surface area contributed by atoms with Gasteiger partial charge in [-0.1, -0.05) is 24.6 Å². The molecule has 0 radical (unpaired) electrons. The highest BCUT2D eigenvalue weighted by molar-refractivity contribution is 6.05. The molecule has 1 fully saturated rings. The summed E-state index contributed by atoms with van der Waals surface area (Å²) < 4.78 is 0. The van der Waals surface area contributed by atoms with E-state index in [0.717, 1.165) is 30.4 Å². The quantitative estimate of drug-likeness (QED) is 0.863. The summed E-state index contributed by atoms with van der Waals surface area (Å²) in [5, 5.41) is 4.03. The van der Waals surface area contributed by atoms with Crippen LogP contribution in [0, 0.1) is 0 Å². The number of carbonyl (C=O) groups is 1. The molecular weight excluding hydrogens is 274 g/mol. The van der Waals surface area contributed by atoms with Crippen LogP contribution in [0.1, 0.15) is 36.0 Å². The zero-order valence-electron chi connectivity index (χ0n) is 12.9. The molecular formula is C18H23N3O. The lowest BCUT2D eigenvalue weighted by molar-refractivity contribution is 0.0952. The minimum absolute atomic E-state index is 0.0251. The summed E-state index contributed by atoms with van der Waals surface area (Å²) in [5.74, 6) is -0.0251. The van der Waals surface area contributed by atoms with Crippen LogP contribution in [0.4, 0.5) is 0 Å². The van der Waals surface area contributed by atoms with E-state index in [1.54, 1.807) is 6.20 Å². The Labute approximate surface area is 131 Å². The first-order chi connectivity index (χ1) is 10.8. The fourth-order valence-electron chi connectivity index (χ4n) is 3.07. The van der Waals surface area contributed by atoms with Gasteiger partial charge in [-0.25, -0.2) is 0 Å². The molecule has 0 unspecified atom stereocenters. The van der Waals surface area contributed by atoms with Gasteiger partial charge < -0.3 is 10.2 Å². The molecule has 0 aliphatic carbocycles. The smallest absolute Gasteiger partial charge is 0.253 e. The predicted molar refractivity (Wildman–Crippen MR) is 89.0 cm³/mol. The second kappa shape index (κ2) is 7.36. The lowest BCUT2D eigenvalue weighted by atomic mass is 10.1. The van der Waals surface area contributed by atoms with Crippen molar-refractivity contribution in [2.75, 3.05) is 26.2 Å². The van der Waals surface area contributed by atoms with Crippen molar-refractivity contribution >= 4 is 16.8 Å². The van der Waals surface area contributed by atoms with E-state index in [-0.39, 0.29) is 5.91 Å². The number of fused-ring (bicyclic) bond motifs is 1. The first-order valence-corrected chi connectivity index (χ1v) is 8.19. The molecule has 1 saturated heterocycles. The van der Waals surface area contributed by atoms with E-state index < -0.39 is 0 Å². The van der Waals surface area contributed by atoms with Crippen molar-refractivity contribution in [1.82, 2.24) is 15.2 Å². The predicted octanol–water partition coefficient (Wildman–Crippen LogP) is 2.84. The number of piperidine rings is 1. The summed E-state index contributed by atoms with van der Waals surface area (Å²) in [6.07, 6.45) is 6.72. The Kier molecular flexibility index (Phi) is 5.01. The number of hydrogen-bond donors (Lipinski definition) is 1. The number of carbonyl (C=O) groups excluding carboxylic acids is 1. The molecule has 0 spiro atoms. The molecule has 1 amide bonds. The van der Waals surface area contributed by atoms with Gasteiger partial charge in [-0.2, -0.15) is 0 Å². The summed E-state index contributed by atoms with van der Waals surface area (Å²) >= 11 is 0. The lowest BCUT2D eigenvalue weighted by Gasteiger charge is -2.26. The van der Waals surface area contributed by atoms with Crippen molar-refractivity contribution in [3.05, 3.63) is 42.1 Å². The van der Waals surface area contributed by atoms with Gasteiger partial charge in [0.05, 0.1) is 11.1 Å². The van der Waals surface area contributed by atoms with Gasteiger partial charge in [-0.15, -0.1) is 0 Å². The molecule has 1 aromatic heterocycles. The van der Waals surface area contributed by atoms with Crippen LogP contribution >= 0.6 is 0 Å². The monoisotopic (exact) mass is 297 g/mol. The van der Waals surface area contributed by atoms with Crippen molar-refractivity contribution in [3.8, 4) is 0 Å². The van der Waals surface area contributed by atoms with Crippen LogP contribution in [0.2, 0.25) is 0 Å². The third-order valence-corrected chi connectivity index (χ3v) is 4.26. The minimum atomic E-state index is -0.0251. The molecule has 116 valence electrons. The molecule has 0 bridgehead atoms. The first-order valence-electron chi connectivity index (χ1n) is 8.19. The topological polar surface area (TPSA) is 45.2 Å². The number of pyridine rings is 1. The Hall–Kier alpha value is -1.94. The molecule has 4 heteroatoms. The number of para-hydroxylation sites is 1. The van der Waals surface area contributed by atoms with E-state index in [0.29, 0.717) is 5.56 Å².